The molecule has 1 aliphatic heterocycles. The van der Waals surface area contributed by atoms with Crippen molar-refractivity contribution in [3.8, 4) is 5.75 Å². The van der Waals surface area contributed by atoms with Crippen LogP contribution < -0.4 is 10.5 Å². The zero-order valence-corrected chi connectivity index (χ0v) is 17.8. The molecule has 1 aromatic carbocycles. The molecule has 0 amide bonds. The van der Waals surface area contributed by atoms with Gasteiger partial charge in [0.05, 0.1) is 19.9 Å². The number of ether oxygens (including phenoxy) is 1. The molecule has 0 bridgehead atoms. The molecule has 0 saturated carbocycles. The smallest absolute Gasteiger partial charge is 0.119 e. The third-order valence-electron chi connectivity index (χ3n) is 5.59. The molecule has 1 saturated heterocycles. The molecule has 0 unspecified atom stereocenters. The summed E-state index contributed by atoms with van der Waals surface area (Å²) >= 11 is 0. The van der Waals surface area contributed by atoms with E-state index in [4.69, 9.17) is 14.9 Å². The molecule has 1 aromatic heterocycles. The van der Waals surface area contributed by atoms with Crippen molar-refractivity contribution in [3.05, 3.63) is 54.0 Å². The van der Waals surface area contributed by atoms with E-state index in [0.717, 1.165) is 63.6 Å². The van der Waals surface area contributed by atoms with E-state index >= 15 is 0 Å². The molecule has 0 atom stereocenters. The second-order valence-corrected chi connectivity index (χ2v) is 7.82. The van der Waals surface area contributed by atoms with Crippen LogP contribution in [0.4, 0.5) is 0 Å². The first-order chi connectivity index (χ1) is 14.3. The number of furan rings is 1. The third-order valence-corrected chi connectivity index (χ3v) is 5.59. The number of nitrogens with two attached hydrogens (primary N) is 1. The number of methoxy groups -OCH3 is 1. The number of hydrogen-bond acceptors (Lipinski definition) is 6. The first-order valence-corrected chi connectivity index (χ1v) is 10.8. The number of nitrogens with zero attached hydrogens (tertiary/aromatic N) is 3. The molecule has 0 aliphatic carbocycles. The Morgan fingerprint density at radius 3 is 2.41 bits per heavy atom. The average molecular weight is 401 g/mol. The molecule has 2 heterocycles. The van der Waals surface area contributed by atoms with Gasteiger partial charge in [0.25, 0.3) is 0 Å². The Labute approximate surface area is 175 Å². The van der Waals surface area contributed by atoms with E-state index in [1.54, 1.807) is 13.4 Å². The van der Waals surface area contributed by atoms with Crippen molar-refractivity contribution in [1.29, 1.82) is 0 Å². The maximum atomic E-state index is 5.63. The topological polar surface area (TPSA) is 58.1 Å². The summed E-state index contributed by atoms with van der Waals surface area (Å²) in [6.45, 7) is 10.5. The molecule has 0 spiro atoms. The first-order valence-electron chi connectivity index (χ1n) is 10.8. The Balaban J connectivity index is 1.47. The van der Waals surface area contributed by atoms with Crippen LogP contribution in [-0.4, -0.2) is 74.2 Å². The Morgan fingerprint density at radius 2 is 1.76 bits per heavy atom. The van der Waals surface area contributed by atoms with E-state index in [-0.39, 0.29) is 0 Å². The Morgan fingerprint density at radius 1 is 1.00 bits per heavy atom. The maximum Gasteiger partial charge on any atom is 0.119 e. The standard InChI is InChI=1S/C23H36N4O2/c1-28-22-7-2-6-21(18-22)19-27(20-23-8-3-17-29-23)12-5-11-26-15-13-25(14-16-26)10-4-9-24/h2-3,6-8,17-18H,4-5,9-16,19-20,24H2,1H3. The van der Waals surface area contributed by atoms with Gasteiger partial charge in [0, 0.05) is 39.3 Å². The number of piperazine rings is 1. The van der Waals surface area contributed by atoms with Gasteiger partial charge in [0.1, 0.15) is 11.5 Å². The lowest BCUT2D eigenvalue weighted by Gasteiger charge is -2.35. The van der Waals surface area contributed by atoms with Crippen LogP contribution in [-0.2, 0) is 13.1 Å². The van der Waals surface area contributed by atoms with E-state index in [9.17, 15) is 0 Å². The van der Waals surface area contributed by atoms with Gasteiger partial charge in [-0.25, -0.2) is 0 Å². The van der Waals surface area contributed by atoms with Crippen molar-refractivity contribution in [1.82, 2.24) is 14.7 Å². The number of rotatable bonds is 12. The lowest BCUT2D eigenvalue weighted by Crippen LogP contribution is -2.47. The Hall–Kier alpha value is -1.86. The fraction of sp³-hybridized carbons (Fsp3) is 0.565. The summed E-state index contributed by atoms with van der Waals surface area (Å²) in [5.41, 5.74) is 6.90. The molecule has 6 heteroatoms. The molecule has 160 valence electrons. The van der Waals surface area contributed by atoms with Gasteiger partial charge in [-0.1, -0.05) is 12.1 Å². The summed E-state index contributed by atoms with van der Waals surface area (Å²) in [5, 5.41) is 0. The van der Waals surface area contributed by atoms with Crippen molar-refractivity contribution in [2.24, 2.45) is 5.73 Å². The maximum absolute atomic E-state index is 5.63. The molecular weight excluding hydrogens is 364 g/mol. The molecule has 29 heavy (non-hydrogen) atoms. The molecule has 2 aromatic rings. The fourth-order valence-electron chi connectivity index (χ4n) is 3.94. The van der Waals surface area contributed by atoms with Gasteiger partial charge >= 0.3 is 0 Å². The van der Waals surface area contributed by atoms with Gasteiger partial charge in [-0.05, 0) is 62.3 Å². The number of benzene rings is 1. The van der Waals surface area contributed by atoms with Crippen LogP contribution >= 0.6 is 0 Å². The van der Waals surface area contributed by atoms with Gasteiger partial charge in [-0.15, -0.1) is 0 Å². The van der Waals surface area contributed by atoms with E-state index in [0.29, 0.717) is 0 Å². The van der Waals surface area contributed by atoms with Crippen molar-refractivity contribution < 1.29 is 9.15 Å². The minimum Gasteiger partial charge on any atom is -0.497 e. The summed E-state index contributed by atoms with van der Waals surface area (Å²) in [5.74, 6) is 1.93. The van der Waals surface area contributed by atoms with Gasteiger partial charge in [0.2, 0.25) is 0 Å². The van der Waals surface area contributed by atoms with Crippen LogP contribution in [0, 0.1) is 0 Å². The largest absolute Gasteiger partial charge is 0.497 e. The zero-order chi connectivity index (χ0) is 20.3. The van der Waals surface area contributed by atoms with Gasteiger partial charge in [-0.2, -0.15) is 0 Å². The second-order valence-electron chi connectivity index (χ2n) is 7.82. The average Bonchev–Trinajstić information content (AvgIpc) is 3.26. The summed E-state index contributed by atoms with van der Waals surface area (Å²) in [6.07, 6.45) is 4.02. The second kappa shape index (κ2) is 12.0. The van der Waals surface area contributed by atoms with Crippen molar-refractivity contribution in [2.45, 2.75) is 25.9 Å². The molecule has 6 nitrogen and oxygen atoms in total. The third kappa shape index (κ3) is 7.48. The van der Waals surface area contributed by atoms with E-state index < -0.39 is 0 Å². The molecule has 0 radical (unpaired) electrons. The van der Waals surface area contributed by atoms with Gasteiger partial charge in [-0.3, -0.25) is 4.90 Å². The fourth-order valence-corrected chi connectivity index (χ4v) is 3.94. The highest BCUT2D eigenvalue weighted by atomic mass is 16.5. The van der Waals surface area contributed by atoms with Crippen LogP contribution in [0.3, 0.4) is 0 Å². The van der Waals surface area contributed by atoms with Crippen LogP contribution in [0.1, 0.15) is 24.2 Å². The predicted octanol–water partition coefficient (Wildman–Crippen LogP) is 2.65. The zero-order valence-electron chi connectivity index (χ0n) is 17.8. The quantitative estimate of drug-likeness (QED) is 0.591. The van der Waals surface area contributed by atoms with Crippen molar-refractivity contribution in [2.75, 3.05) is 59.5 Å². The normalized spacial score (nSPS) is 15.8. The van der Waals surface area contributed by atoms with Gasteiger partial charge in [0.15, 0.2) is 0 Å². The molecule has 1 fully saturated rings. The Bertz CT molecular complexity index is 684. The van der Waals surface area contributed by atoms with Crippen LogP contribution in [0.15, 0.2) is 47.1 Å². The number of hydrogen-bond donors (Lipinski definition) is 1. The molecule has 3 rings (SSSR count). The van der Waals surface area contributed by atoms with Crippen molar-refractivity contribution >= 4 is 0 Å². The predicted molar refractivity (Wildman–Crippen MR) is 117 cm³/mol. The van der Waals surface area contributed by atoms with E-state index in [1.165, 1.54) is 31.7 Å². The molecular formula is C23H36N4O2. The minimum atomic E-state index is 0.791. The highest BCUT2D eigenvalue weighted by molar-refractivity contribution is 5.28. The minimum absolute atomic E-state index is 0.791. The molecule has 2 N–H and O–H groups in total. The van der Waals surface area contributed by atoms with Crippen LogP contribution in [0.25, 0.3) is 0 Å². The van der Waals surface area contributed by atoms with Crippen LogP contribution in [0.2, 0.25) is 0 Å². The summed E-state index contributed by atoms with van der Waals surface area (Å²) in [7, 11) is 1.72. The van der Waals surface area contributed by atoms with Crippen LogP contribution in [0.5, 0.6) is 5.75 Å². The highest BCUT2D eigenvalue weighted by Crippen LogP contribution is 2.16. The highest BCUT2D eigenvalue weighted by Gasteiger charge is 2.16. The monoisotopic (exact) mass is 400 g/mol. The van der Waals surface area contributed by atoms with Crippen molar-refractivity contribution in [3.63, 3.8) is 0 Å². The SMILES string of the molecule is COc1cccc(CN(CCCN2CCN(CCCN)CC2)Cc2ccco2)c1. The summed E-state index contributed by atoms with van der Waals surface area (Å²) in [6, 6.07) is 12.4. The van der Waals surface area contributed by atoms with Gasteiger partial charge < -0.3 is 24.7 Å². The summed E-state index contributed by atoms with van der Waals surface area (Å²) in [4.78, 5) is 7.59. The van der Waals surface area contributed by atoms with E-state index in [1.807, 2.05) is 12.1 Å². The molecule has 1 aliphatic rings. The lowest BCUT2D eigenvalue weighted by atomic mass is 10.2. The lowest BCUT2D eigenvalue weighted by molar-refractivity contribution is 0.124. The summed E-state index contributed by atoms with van der Waals surface area (Å²) < 4.78 is 11.0. The van der Waals surface area contributed by atoms with E-state index in [2.05, 4.69) is 39.0 Å². The Kier molecular flexibility index (Phi) is 9.02. The first kappa shape index (κ1) is 21.8.